The maximum Gasteiger partial charge on any atom is 0.308 e. The van der Waals surface area contributed by atoms with Crippen molar-refractivity contribution in [2.45, 2.75) is 70.3 Å². The molecule has 0 saturated heterocycles. The summed E-state index contributed by atoms with van der Waals surface area (Å²) >= 11 is 0. The van der Waals surface area contributed by atoms with E-state index >= 15 is 0 Å². The summed E-state index contributed by atoms with van der Waals surface area (Å²) in [5.74, 6) is -1.33. The molecule has 1 fully saturated rings. The van der Waals surface area contributed by atoms with E-state index in [0.717, 1.165) is 24.8 Å². The molecule has 0 spiro atoms. The first-order chi connectivity index (χ1) is 14.1. The van der Waals surface area contributed by atoms with Gasteiger partial charge in [-0.2, -0.15) is 5.26 Å². The molecule has 0 aliphatic heterocycles. The number of nitriles is 1. The van der Waals surface area contributed by atoms with Gasteiger partial charge in [-0.15, -0.1) is 0 Å². The quantitative estimate of drug-likeness (QED) is 0.668. The number of hydrogen-bond donors (Lipinski definition) is 2. The van der Waals surface area contributed by atoms with Gasteiger partial charge in [0.1, 0.15) is 5.54 Å². The third kappa shape index (κ3) is 6.87. The van der Waals surface area contributed by atoms with Crippen molar-refractivity contribution in [2.24, 2.45) is 0 Å². The van der Waals surface area contributed by atoms with Gasteiger partial charge in [-0.25, -0.2) is 0 Å². The lowest BCUT2D eigenvalue weighted by molar-refractivity contribution is -0.148. The third-order valence-corrected chi connectivity index (χ3v) is 5.29. The molecule has 2 amide bonds. The zero-order valence-electron chi connectivity index (χ0n) is 18.0. The van der Waals surface area contributed by atoms with E-state index in [-0.39, 0.29) is 24.3 Å². The summed E-state index contributed by atoms with van der Waals surface area (Å²) < 4.78 is 4.96. The van der Waals surface area contributed by atoms with E-state index < -0.39 is 24.0 Å². The number of carbonyl (C=O) groups is 3. The highest BCUT2D eigenvalue weighted by molar-refractivity contribution is 5.94. The minimum absolute atomic E-state index is 0.00885. The van der Waals surface area contributed by atoms with E-state index in [1.807, 2.05) is 12.1 Å². The van der Waals surface area contributed by atoms with Crippen LogP contribution in [0.15, 0.2) is 24.3 Å². The van der Waals surface area contributed by atoms with Crippen molar-refractivity contribution < 1.29 is 19.1 Å². The van der Waals surface area contributed by atoms with Crippen LogP contribution in [0.3, 0.4) is 0 Å². The molecule has 162 valence electrons. The van der Waals surface area contributed by atoms with Gasteiger partial charge in [-0.05, 0) is 36.0 Å². The molecule has 1 aliphatic carbocycles. The van der Waals surface area contributed by atoms with Gasteiger partial charge in [-0.1, -0.05) is 52.2 Å². The van der Waals surface area contributed by atoms with Gasteiger partial charge >= 0.3 is 5.97 Å². The Balaban J connectivity index is 1.70. The molecule has 1 aromatic rings. The van der Waals surface area contributed by atoms with Crippen LogP contribution in [-0.2, 0) is 19.7 Å². The molecule has 1 saturated carbocycles. The minimum atomic E-state index is -0.849. The highest BCUT2D eigenvalue weighted by Gasteiger charge is 2.33. The van der Waals surface area contributed by atoms with Crippen molar-refractivity contribution in [3.8, 4) is 6.07 Å². The molecule has 0 bridgehead atoms. The van der Waals surface area contributed by atoms with Crippen LogP contribution < -0.4 is 10.6 Å². The molecular weight excluding hydrogens is 382 g/mol. The Morgan fingerprint density at radius 3 is 2.30 bits per heavy atom. The molecule has 0 radical (unpaired) electrons. The monoisotopic (exact) mass is 413 g/mol. The molecule has 7 heteroatoms. The molecule has 2 rings (SSSR count). The molecule has 1 aliphatic rings. The van der Waals surface area contributed by atoms with Gasteiger partial charge in [0.25, 0.3) is 11.8 Å². The van der Waals surface area contributed by atoms with Gasteiger partial charge in [0.15, 0.2) is 6.61 Å². The van der Waals surface area contributed by atoms with Crippen LogP contribution >= 0.6 is 0 Å². The molecular formula is C23H31N3O4. The number of esters is 1. The van der Waals surface area contributed by atoms with Crippen molar-refractivity contribution in [1.82, 2.24) is 10.6 Å². The van der Waals surface area contributed by atoms with Crippen molar-refractivity contribution >= 4 is 17.8 Å². The number of rotatable bonds is 7. The lowest BCUT2D eigenvalue weighted by Crippen LogP contribution is -2.50. The van der Waals surface area contributed by atoms with Crippen LogP contribution in [0.1, 0.15) is 75.2 Å². The van der Waals surface area contributed by atoms with Gasteiger partial charge in [0.05, 0.1) is 12.5 Å². The average molecular weight is 414 g/mol. The van der Waals surface area contributed by atoms with E-state index in [0.29, 0.717) is 18.4 Å². The van der Waals surface area contributed by atoms with Gasteiger partial charge < -0.3 is 15.4 Å². The maximum atomic E-state index is 12.2. The summed E-state index contributed by atoms with van der Waals surface area (Å²) in [6.07, 6.45) is 4.04. The van der Waals surface area contributed by atoms with Crippen LogP contribution in [0.2, 0.25) is 0 Å². The first-order valence-electron chi connectivity index (χ1n) is 10.4. The third-order valence-electron chi connectivity index (χ3n) is 5.29. The van der Waals surface area contributed by atoms with E-state index in [1.54, 1.807) is 12.1 Å². The zero-order chi connectivity index (χ0) is 22.2. The number of amides is 2. The Kier molecular flexibility index (Phi) is 7.99. The SMILES string of the molecule is CC(C)(C)c1ccc(C(=O)NCCC(=O)OCC(=O)NC2(C#N)CCCCC2)cc1. The van der Waals surface area contributed by atoms with Crippen molar-refractivity contribution in [3.63, 3.8) is 0 Å². The predicted octanol–water partition coefficient (Wildman–Crippen LogP) is 2.99. The molecule has 0 unspecified atom stereocenters. The Morgan fingerprint density at radius 1 is 1.10 bits per heavy atom. The number of ether oxygens (including phenoxy) is 1. The first kappa shape index (κ1) is 23.4. The van der Waals surface area contributed by atoms with Gasteiger partial charge in [-0.3, -0.25) is 14.4 Å². The Bertz CT molecular complexity index is 797. The highest BCUT2D eigenvalue weighted by atomic mass is 16.5. The van der Waals surface area contributed by atoms with E-state index in [2.05, 4.69) is 37.5 Å². The summed E-state index contributed by atoms with van der Waals surface area (Å²) in [7, 11) is 0. The van der Waals surface area contributed by atoms with Gasteiger partial charge in [0, 0.05) is 12.1 Å². The lowest BCUT2D eigenvalue weighted by Gasteiger charge is -2.31. The summed E-state index contributed by atoms with van der Waals surface area (Å²) in [4.78, 5) is 36.1. The van der Waals surface area contributed by atoms with Crippen LogP contribution in [0.5, 0.6) is 0 Å². The molecule has 1 aromatic carbocycles. The Hall–Kier alpha value is -2.88. The van der Waals surface area contributed by atoms with Crippen molar-refractivity contribution in [1.29, 1.82) is 5.26 Å². The topological polar surface area (TPSA) is 108 Å². The van der Waals surface area contributed by atoms with E-state index in [9.17, 15) is 19.6 Å². The van der Waals surface area contributed by atoms with Crippen LogP contribution in [-0.4, -0.2) is 36.5 Å². The number of benzene rings is 1. The molecule has 0 aromatic heterocycles. The molecule has 0 atom stereocenters. The fourth-order valence-corrected chi connectivity index (χ4v) is 3.44. The summed E-state index contributed by atoms with van der Waals surface area (Å²) in [5, 5.41) is 14.7. The molecule has 7 nitrogen and oxygen atoms in total. The van der Waals surface area contributed by atoms with Crippen molar-refractivity contribution in [3.05, 3.63) is 35.4 Å². The van der Waals surface area contributed by atoms with Crippen molar-refractivity contribution in [2.75, 3.05) is 13.2 Å². The normalized spacial score (nSPS) is 15.5. The van der Waals surface area contributed by atoms with Crippen LogP contribution in [0, 0.1) is 11.3 Å². The number of hydrogen-bond acceptors (Lipinski definition) is 5. The Morgan fingerprint density at radius 2 is 1.73 bits per heavy atom. The predicted molar refractivity (Wildman–Crippen MR) is 113 cm³/mol. The van der Waals surface area contributed by atoms with Gasteiger partial charge in [0.2, 0.25) is 0 Å². The fourth-order valence-electron chi connectivity index (χ4n) is 3.44. The van der Waals surface area contributed by atoms with Crippen LogP contribution in [0.4, 0.5) is 0 Å². The highest BCUT2D eigenvalue weighted by Crippen LogP contribution is 2.27. The number of carbonyl (C=O) groups excluding carboxylic acids is 3. The number of nitrogens with zero attached hydrogens (tertiary/aromatic N) is 1. The summed E-state index contributed by atoms with van der Waals surface area (Å²) in [6.45, 7) is 5.99. The standard InChI is InChI=1S/C23H31N3O4/c1-22(2,3)18-9-7-17(8-10-18)21(29)25-14-11-20(28)30-15-19(27)26-23(16-24)12-5-4-6-13-23/h7-10H,4-6,11-15H2,1-3H3,(H,25,29)(H,26,27). The molecule has 30 heavy (non-hydrogen) atoms. The molecule has 0 heterocycles. The summed E-state index contributed by atoms with van der Waals surface area (Å²) in [6, 6.07) is 9.55. The largest absolute Gasteiger partial charge is 0.456 e. The van der Waals surface area contributed by atoms with E-state index in [1.165, 1.54) is 0 Å². The average Bonchev–Trinajstić information content (AvgIpc) is 2.72. The fraction of sp³-hybridized carbons (Fsp3) is 0.565. The maximum absolute atomic E-state index is 12.2. The Labute approximate surface area is 178 Å². The first-order valence-corrected chi connectivity index (χ1v) is 10.4. The second kappa shape index (κ2) is 10.2. The smallest absolute Gasteiger partial charge is 0.308 e. The summed E-state index contributed by atoms with van der Waals surface area (Å²) in [5.41, 5.74) is 0.810. The zero-order valence-corrected chi connectivity index (χ0v) is 18.0. The second-order valence-corrected chi connectivity index (χ2v) is 8.80. The minimum Gasteiger partial charge on any atom is -0.456 e. The second-order valence-electron chi connectivity index (χ2n) is 8.80. The van der Waals surface area contributed by atoms with Crippen LogP contribution in [0.25, 0.3) is 0 Å². The lowest BCUT2D eigenvalue weighted by atomic mass is 9.83. The number of nitrogens with one attached hydrogen (secondary N) is 2. The molecule has 2 N–H and O–H groups in total. The van der Waals surface area contributed by atoms with E-state index in [4.69, 9.17) is 4.74 Å².